The van der Waals surface area contributed by atoms with Crippen molar-refractivity contribution >= 4 is 22.6 Å². The summed E-state index contributed by atoms with van der Waals surface area (Å²) in [5.41, 5.74) is 6.19. The number of rotatable bonds is 7. The Bertz CT molecular complexity index is 860. The highest BCUT2D eigenvalue weighted by Crippen LogP contribution is 2.33. The first kappa shape index (κ1) is 20.5. The van der Waals surface area contributed by atoms with Gasteiger partial charge in [0.1, 0.15) is 0 Å². The highest BCUT2D eigenvalue weighted by atomic mass is 15.1. The van der Waals surface area contributed by atoms with Crippen molar-refractivity contribution in [2.24, 2.45) is 17.8 Å². The van der Waals surface area contributed by atoms with Crippen LogP contribution in [0.25, 0.3) is 22.6 Å². The van der Waals surface area contributed by atoms with Gasteiger partial charge in [0.25, 0.3) is 0 Å². The number of piperidine rings is 1. The largest absolute Gasteiger partial charge is 0.375 e. The zero-order chi connectivity index (χ0) is 20.3. The second-order valence-electron chi connectivity index (χ2n) is 8.90. The number of nitrogens with zero attached hydrogens (tertiary/aromatic N) is 1. The summed E-state index contributed by atoms with van der Waals surface area (Å²) in [5, 5.41) is 1.25. The Balaban J connectivity index is 1.76. The summed E-state index contributed by atoms with van der Waals surface area (Å²) in [4.78, 5) is 5.98. The maximum atomic E-state index is 4.46. The van der Waals surface area contributed by atoms with Crippen LogP contribution >= 0.6 is 0 Å². The standard InChI is InChI=1S/C26H36N2/c1-7-22-8-9-24-25(17-27-26(24)16-22)20(5)14-23(18(2)3)15-21(6)28-12-10-19(4)11-13-28/h7-9,15-19,23,27H,1,5,10-14H2,2-4,6H3/b21-15+. The van der Waals surface area contributed by atoms with Gasteiger partial charge in [0.15, 0.2) is 0 Å². The van der Waals surface area contributed by atoms with Crippen LogP contribution in [0.2, 0.25) is 0 Å². The van der Waals surface area contributed by atoms with E-state index in [-0.39, 0.29) is 0 Å². The van der Waals surface area contributed by atoms with E-state index in [0.29, 0.717) is 11.8 Å². The fourth-order valence-corrected chi connectivity index (χ4v) is 4.22. The smallest absolute Gasteiger partial charge is 0.0466 e. The molecule has 2 heteroatoms. The fraction of sp³-hybridized carbons (Fsp3) is 0.462. The molecule has 2 nitrogen and oxygen atoms in total. The molecule has 0 aliphatic carbocycles. The van der Waals surface area contributed by atoms with Crippen LogP contribution < -0.4 is 0 Å². The van der Waals surface area contributed by atoms with Gasteiger partial charge >= 0.3 is 0 Å². The van der Waals surface area contributed by atoms with Gasteiger partial charge < -0.3 is 9.88 Å². The minimum atomic E-state index is 0.504. The third-order valence-corrected chi connectivity index (χ3v) is 6.40. The molecule has 1 atom stereocenters. The average molecular weight is 377 g/mol. The highest BCUT2D eigenvalue weighted by molar-refractivity contribution is 5.93. The van der Waals surface area contributed by atoms with E-state index >= 15 is 0 Å². The lowest BCUT2D eigenvalue weighted by Crippen LogP contribution is -2.31. The molecular formula is C26H36N2. The minimum Gasteiger partial charge on any atom is -0.375 e. The normalized spacial score (nSPS) is 17.3. The Kier molecular flexibility index (Phi) is 6.49. The van der Waals surface area contributed by atoms with Crippen LogP contribution in [0.5, 0.6) is 0 Å². The Morgan fingerprint density at radius 3 is 2.64 bits per heavy atom. The van der Waals surface area contributed by atoms with Crippen LogP contribution in [0.3, 0.4) is 0 Å². The van der Waals surface area contributed by atoms with Crippen LogP contribution in [0, 0.1) is 17.8 Å². The summed E-state index contributed by atoms with van der Waals surface area (Å²) in [5.74, 6) is 1.96. The second-order valence-corrected chi connectivity index (χ2v) is 8.90. The lowest BCUT2D eigenvalue weighted by molar-refractivity contribution is 0.235. The van der Waals surface area contributed by atoms with Crippen LogP contribution in [0.15, 0.2) is 49.3 Å². The molecule has 0 radical (unpaired) electrons. The molecule has 150 valence electrons. The van der Waals surface area contributed by atoms with Gasteiger partial charge in [0, 0.05) is 41.4 Å². The number of allylic oxidation sites excluding steroid dienone is 3. The number of aromatic amines is 1. The third-order valence-electron chi connectivity index (χ3n) is 6.40. The maximum Gasteiger partial charge on any atom is 0.0466 e. The van der Waals surface area contributed by atoms with Crippen molar-refractivity contribution in [3.8, 4) is 0 Å². The molecule has 1 aliphatic rings. The van der Waals surface area contributed by atoms with Gasteiger partial charge in [0.2, 0.25) is 0 Å². The van der Waals surface area contributed by atoms with Gasteiger partial charge in [-0.05, 0) is 61.1 Å². The number of hydrogen-bond acceptors (Lipinski definition) is 1. The molecule has 0 saturated carbocycles. The van der Waals surface area contributed by atoms with Crippen molar-refractivity contribution in [3.63, 3.8) is 0 Å². The zero-order valence-electron chi connectivity index (χ0n) is 18.1. The molecule has 3 rings (SSSR count). The van der Waals surface area contributed by atoms with E-state index in [1.54, 1.807) is 0 Å². The number of aromatic nitrogens is 1. The molecule has 2 aromatic rings. The van der Waals surface area contributed by atoms with E-state index in [1.165, 1.54) is 48.2 Å². The summed E-state index contributed by atoms with van der Waals surface area (Å²) >= 11 is 0. The summed E-state index contributed by atoms with van der Waals surface area (Å²) in [6.45, 7) is 20.0. The first-order valence-electron chi connectivity index (χ1n) is 10.7. The molecule has 28 heavy (non-hydrogen) atoms. The quantitative estimate of drug-likeness (QED) is 0.545. The van der Waals surface area contributed by atoms with Crippen molar-refractivity contribution < 1.29 is 0 Å². The predicted octanol–water partition coefficient (Wildman–Crippen LogP) is 7.12. The van der Waals surface area contributed by atoms with E-state index in [0.717, 1.165) is 23.4 Å². The van der Waals surface area contributed by atoms with Crippen LogP contribution in [-0.2, 0) is 0 Å². The molecule has 0 bridgehead atoms. The first-order chi connectivity index (χ1) is 13.4. The zero-order valence-corrected chi connectivity index (χ0v) is 18.1. The monoisotopic (exact) mass is 376 g/mol. The molecule has 1 aromatic heterocycles. The highest BCUT2D eigenvalue weighted by Gasteiger charge is 2.19. The van der Waals surface area contributed by atoms with E-state index < -0.39 is 0 Å². The molecule has 0 amide bonds. The Hall–Kier alpha value is -2.22. The lowest BCUT2D eigenvalue weighted by Gasteiger charge is -2.33. The minimum absolute atomic E-state index is 0.504. The van der Waals surface area contributed by atoms with E-state index in [9.17, 15) is 0 Å². The molecule has 1 fully saturated rings. The average Bonchev–Trinajstić information content (AvgIpc) is 3.10. The second kappa shape index (κ2) is 8.86. The number of H-pyrrole nitrogens is 1. The van der Waals surface area contributed by atoms with Gasteiger partial charge in [0.05, 0.1) is 0 Å². The van der Waals surface area contributed by atoms with Gasteiger partial charge in [-0.2, -0.15) is 0 Å². The van der Waals surface area contributed by atoms with Gasteiger partial charge in [-0.15, -0.1) is 0 Å². The van der Waals surface area contributed by atoms with Crippen molar-refractivity contribution in [2.75, 3.05) is 13.1 Å². The summed E-state index contributed by atoms with van der Waals surface area (Å²) in [6, 6.07) is 6.46. The van der Waals surface area contributed by atoms with Gasteiger partial charge in [-0.25, -0.2) is 0 Å². The first-order valence-corrected chi connectivity index (χ1v) is 10.7. The van der Waals surface area contributed by atoms with Crippen molar-refractivity contribution in [2.45, 2.75) is 47.0 Å². The molecular weight excluding hydrogens is 340 g/mol. The fourth-order valence-electron chi connectivity index (χ4n) is 4.22. The number of fused-ring (bicyclic) bond motifs is 1. The van der Waals surface area contributed by atoms with Crippen LogP contribution in [0.4, 0.5) is 0 Å². The molecule has 1 aliphatic heterocycles. The van der Waals surface area contributed by atoms with Gasteiger partial charge in [-0.3, -0.25) is 0 Å². The molecule has 0 spiro atoms. The molecule has 1 aromatic carbocycles. The molecule has 1 N–H and O–H groups in total. The topological polar surface area (TPSA) is 19.0 Å². The van der Waals surface area contributed by atoms with E-state index in [4.69, 9.17) is 0 Å². The number of likely N-dealkylation sites (tertiary alicyclic amines) is 1. The van der Waals surface area contributed by atoms with Crippen molar-refractivity contribution in [1.29, 1.82) is 0 Å². The van der Waals surface area contributed by atoms with Crippen molar-refractivity contribution in [3.05, 3.63) is 60.5 Å². The van der Waals surface area contributed by atoms with Crippen LogP contribution in [-0.4, -0.2) is 23.0 Å². The summed E-state index contributed by atoms with van der Waals surface area (Å²) in [6.07, 6.45) is 10.1. The SMILES string of the molecule is C=Cc1ccc2c(C(=C)CC(/C=C(\C)N3CCC(C)CC3)C(C)C)c[nH]c2c1. The van der Waals surface area contributed by atoms with E-state index in [1.807, 2.05) is 6.08 Å². The Morgan fingerprint density at radius 1 is 1.29 bits per heavy atom. The maximum absolute atomic E-state index is 4.46. The van der Waals surface area contributed by atoms with E-state index in [2.05, 4.69) is 81.2 Å². The number of hydrogen-bond donors (Lipinski definition) is 1. The summed E-state index contributed by atoms with van der Waals surface area (Å²) < 4.78 is 0. The number of nitrogens with one attached hydrogen (secondary N) is 1. The lowest BCUT2D eigenvalue weighted by atomic mass is 9.86. The Morgan fingerprint density at radius 2 is 2.00 bits per heavy atom. The van der Waals surface area contributed by atoms with Gasteiger partial charge in [-0.1, -0.05) is 58.2 Å². The molecule has 1 saturated heterocycles. The van der Waals surface area contributed by atoms with Crippen molar-refractivity contribution in [1.82, 2.24) is 9.88 Å². The third kappa shape index (κ3) is 4.60. The van der Waals surface area contributed by atoms with Crippen LogP contribution in [0.1, 0.15) is 58.1 Å². The Labute approximate surface area is 171 Å². The predicted molar refractivity (Wildman–Crippen MR) is 124 cm³/mol. The number of benzene rings is 1. The molecule has 2 heterocycles. The molecule has 1 unspecified atom stereocenters. The summed E-state index contributed by atoms with van der Waals surface area (Å²) in [7, 11) is 0.